The molecule has 0 fully saturated rings. The van der Waals surface area contributed by atoms with Crippen LogP contribution in [0, 0.1) is 11.3 Å². The number of hydrogen-bond donors (Lipinski definition) is 1. The number of ether oxygens (including phenoxy) is 1. The molecule has 0 bridgehead atoms. The first kappa shape index (κ1) is 11.4. The minimum absolute atomic E-state index is 0.643. The van der Waals surface area contributed by atoms with Crippen molar-refractivity contribution in [1.29, 1.82) is 5.26 Å². The monoisotopic (exact) mass is 204 g/mol. The quantitative estimate of drug-likeness (QED) is 0.725. The van der Waals surface area contributed by atoms with E-state index in [-0.39, 0.29) is 0 Å². The Labute approximate surface area is 90.7 Å². The van der Waals surface area contributed by atoms with Crippen LogP contribution in [0.2, 0.25) is 0 Å². The van der Waals surface area contributed by atoms with Gasteiger partial charge in [0.1, 0.15) is 5.75 Å². The molecule has 80 valence electrons. The Balaban J connectivity index is 2.23. The summed E-state index contributed by atoms with van der Waals surface area (Å²) in [5.41, 5.74) is 1.09. The van der Waals surface area contributed by atoms with Crippen molar-refractivity contribution in [2.45, 2.75) is 19.3 Å². The lowest BCUT2D eigenvalue weighted by molar-refractivity contribution is 0.415. The van der Waals surface area contributed by atoms with Crippen LogP contribution in [0.1, 0.15) is 19.3 Å². The molecular weight excluding hydrogens is 188 g/mol. The highest BCUT2D eigenvalue weighted by Crippen LogP contribution is 2.14. The Hall–Kier alpha value is -1.69. The SMILES string of the molecule is COc1ccc(NCCCCC#N)cc1. The van der Waals surface area contributed by atoms with Gasteiger partial charge >= 0.3 is 0 Å². The number of hydrogen-bond acceptors (Lipinski definition) is 3. The van der Waals surface area contributed by atoms with Gasteiger partial charge in [0, 0.05) is 18.7 Å². The smallest absolute Gasteiger partial charge is 0.119 e. The molecule has 0 amide bonds. The van der Waals surface area contributed by atoms with Crippen molar-refractivity contribution >= 4 is 5.69 Å². The molecule has 0 saturated heterocycles. The fourth-order valence-electron chi connectivity index (χ4n) is 1.27. The number of nitrogens with one attached hydrogen (secondary N) is 1. The lowest BCUT2D eigenvalue weighted by Gasteiger charge is -2.06. The number of anilines is 1. The Kier molecular flexibility index (Phi) is 5.10. The zero-order valence-electron chi connectivity index (χ0n) is 8.99. The van der Waals surface area contributed by atoms with Gasteiger partial charge in [0.2, 0.25) is 0 Å². The number of benzene rings is 1. The number of nitrogens with zero attached hydrogens (tertiary/aromatic N) is 1. The maximum atomic E-state index is 8.36. The van der Waals surface area contributed by atoms with Gasteiger partial charge in [-0.2, -0.15) is 5.26 Å². The summed E-state index contributed by atoms with van der Waals surface area (Å²) >= 11 is 0. The second-order valence-corrected chi connectivity index (χ2v) is 3.27. The minimum atomic E-state index is 0.643. The van der Waals surface area contributed by atoms with E-state index in [4.69, 9.17) is 10.00 Å². The molecule has 0 heterocycles. The molecule has 3 nitrogen and oxygen atoms in total. The highest BCUT2D eigenvalue weighted by Gasteiger charge is 1.93. The van der Waals surface area contributed by atoms with Gasteiger partial charge in [-0.05, 0) is 37.1 Å². The van der Waals surface area contributed by atoms with Crippen LogP contribution in [0.3, 0.4) is 0 Å². The summed E-state index contributed by atoms with van der Waals surface area (Å²) in [6, 6.07) is 9.97. The van der Waals surface area contributed by atoms with Crippen LogP contribution in [0.4, 0.5) is 5.69 Å². The maximum Gasteiger partial charge on any atom is 0.119 e. The van der Waals surface area contributed by atoms with Crippen LogP contribution in [-0.2, 0) is 0 Å². The van der Waals surface area contributed by atoms with Crippen LogP contribution in [0.25, 0.3) is 0 Å². The molecule has 1 aromatic carbocycles. The number of unbranched alkanes of at least 4 members (excludes halogenated alkanes) is 2. The van der Waals surface area contributed by atoms with E-state index in [0.29, 0.717) is 6.42 Å². The Morgan fingerprint density at radius 3 is 2.60 bits per heavy atom. The van der Waals surface area contributed by atoms with Crippen molar-refractivity contribution in [2.75, 3.05) is 19.0 Å². The molecule has 0 saturated carbocycles. The van der Waals surface area contributed by atoms with Crippen molar-refractivity contribution in [3.63, 3.8) is 0 Å². The van der Waals surface area contributed by atoms with Gasteiger partial charge in [-0.3, -0.25) is 0 Å². The molecule has 0 radical (unpaired) electrons. The van der Waals surface area contributed by atoms with Crippen LogP contribution < -0.4 is 10.1 Å². The number of methoxy groups -OCH3 is 1. The third kappa shape index (κ3) is 4.37. The first-order valence-electron chi connectivity index (χ1n) is 5.11. The van der Waals surface area contributed by atoms with E-state index in [2.05, 4.69) is 11.4 Å². The lowest BCUT2D eigenvalue weighted by Crippen LogP contribution is -2.00. The molecule has 0 aliphatic rings. The molecule has 0 unspecified atom stereocenters. The highest BCUT2D eigenvalue weighted by atomic mass is 16.5. The molecule has 0 spiro atoms. The van der Waals surface area contributed by atoms with Crippen molar-refractivity contribution in [1.82, 2.24) is 0 Å². The van der Waals surface area contributed by atoms with Gasteiger partial charge in [0.05, 0.1) is 13.2 Å². The van der Waals surface area contributed by atoms with Gasteiger partial charge < -0.3 is 10.1 Å². The standard InChI is InChI=1S/C12H16N2O/c1-15-12-7-5-11(6-8-12)14-10-4-2-3-9-13/h5-8,14H,2-4,10H2,1H3. The molecule has 0 aliphatic carbocycles. The van der Waals surface area contributed by atoms with E-state index in [1.807, 2.05) is 24.3 Å². The summed E-state index contributed by atoms with van der Waals surface area (Å²) in [4.78, 5) is 0. The molecular formula is C12H16N2O. The largest absolute Gasteiger partial charge is 0.497 e. The van der Waals surface area contributed by atoms with Crippen molar-refractivity contribution < 1.29 is 4.74 Å². The van der Waals surface area contributed by atoms with Gasteiger partial charge in [-0.15, -0.1) is 0 Å². The van der Waals surface area contributed by atoms with E-state index in [1.54, 1.807) is 7.11 Å². The Morgan fingerprint density at radius 2 is 2.00 bits per heavy atom. The van der Waals surface area contributed by atoms with E-state index < -0.39 is 0 Å². The summed E-state index contributed by atoms with van der Waals surface area (Å²) in [5, 5.41) is 11.6. The lowest BCUT2D eigenvalue weighted by atomic mass is 10.2. The average molecular weight is 204 g/mol. The van der Waals surface area contributed by atoms with E-state index in [0.717, 1.165) is 30.8 Å². The fraction of sp³-hybridized carbons (Fsp3) is 0.417. The zero-order valence-corrected chi connectivity index (χ0v) is 8.99. The second-order valence-electron chi connectivity index (χ2n) is 3.27. The van der Waals surface area contributed by atoms with E-state index in [1.165, 1.54) is 0 Å². The minimum Gasteiger partial charge on any atom is -0.497 e. The van der Waals surface area contributed by atoms with Crippen molar-refractivity contribution in [3.8, 4) is 11.8 Å². The molecule has 0 aliphatic heterocycles. The van der Waals surface area contributed by atoms with Gasteiger partial charge in [-0.25, -0.2) is 0 Å². The first-order valence-corrected chi connectivity index (χ1v) is 5.11. The molecule has 3 heteroatoms. The molecule has 15 heavy (non-hydrogen) atoms. The molecule has 1 aromatic rings. The van der Waals surface area contributed by atoms with Crippen LogP contribution in [0.5, 0.6) is 5.75 Å². The third-order valence-electron chi connectivity index (χ3n) is 2.13. The van der Waals surface area contributed by atoms with Crippen LogP contribution in [-0.4, -0.2) is 13.7 Å². The Morgan fingerprint density at radius 1 is 1.27 bits per heavy atom. The van der Waals surface area contributed by atoms with Crippen molar-refractivity contribution in [2.24, 2.45) is 0 Å². The fourth-order valence-corrected chi connectivity index (χ4v) is 1.27. The van der Waals surface area contributed by atoms with Crippen LogP contribution >= 0.6 is 0 Å². The maximum absolute atomic E-state index is 8.36. The summed E-state index contributed by atoms with van der Waals surface area (Å²) in [5.74, 6) is 0.866. The van der Waals surface area contributed by atoms with Gasteiger partial charge in [0.25, 0.3) is 0 Å². The summed E-state index contributed by atoms with van der Waals surface area (Å²) in [6.07, 6.45) is 2.63. The van der Waals surface area contributed by atoms with Gasteiger partial charge in [0.15, 0.2) is 0 Å². The number of rotatable bonds is 6. The molecule has 1 rings (SSSR count). The summed E-state index contributed by atoms with van der Waals surface area (Å²) < 4.78 is 5.06. The first-order chi connectivity index (χ1) is 7.36. The molecule has 0 atom stereocenters. The predicted molar refractivity (Wildman–Crippen MR) is 60.9 cm³/mol. The van der Waals surface area contributed by atoms with E-state index in [9.17, 15) is 0 Å². The normalized spacial score (nSPS) is 9.33. The second kappa shape index (κ2) is 6.72. The molecule has 0 aromatic heterocycles. The molecule has 1 N–H and O–H groups in total. The topological polar surface area (TPSA) is 45.0 Å². The summed E-state index contributed by atoms with van der Waals surface area (Å²) in [7, 11) is 1.66. The third-order valence-corrected chi connectivity index (χ3v) is 2.13. The van der Waals surface area contributed by atoms with E-state index >= 15 is 0 Å². The zero-order chi connectivity index (χ0) is 10.9. The Bertz CT molecular complexity index is 313. The highest BCUT2D eigenvalue weighted by molar-refractivity contribution is 5.46. The average Bonchev–Trinajstić information content (AvgIpc) is 2.30. The van der Waals surface area contributed by atoms with Gasteiger partial charge in [-0.1, -0.05) is 0 Å². The summed E-state index contributed by atoms with van der Waals surface area (Å²) in [6.45, 7) is 0.911. The van der Waals surface area contributed by atoms with Crippen molar-refractivity contribution in [3.05, 3.63) is 24.3 Å². The van der Waals surface area contributed by atoms with Crippen LogP contribution in [0.15, 0.2) is 24.3 Å². The predicted octanol–water partition coefficient (Wildman–Crippen LogP) is 2.80. The number of nitriles is 1.